The highest BCUT2D eigenvalue weighted by Gasteiger charge is 2.73. The van der Waals surface area contributed by atoms with Crippen LogP contribution in [0.2, 0.25) is 0 Å². The van der Waals surface area contributed by atoms with Crippen LogP contribution >= 0.6 is 0 Å². The Morgan fingerprint density at radius 3 is 2.08 bits per heavy atom. The van der Waals surface area contributed by atoms with E-state index in [4.69, 9.17) is 47.4 Å². The molecule has 0 radical (unpaired) electrons. The molecule has 2 aliphatic heterocycles. The first-order chi connectivity index (χ1) is 23.6. The topological polar surface area (TPSA) is 116 Å². The summed E-state index contributed by atoms with van der Waals surface area (Å²) in [7, 11) is 3.30. The number of piperidine rings is 1. The van der Waals surface area contributed by atoms with Gasteiger partial charge in [-0.05, 0) is 62.6 Å². The maximum atomic E-state index is 12.9. The van der Waals surface area contributed by atoms with Gasteiger partial charge in [0, 0.05) is 32.4 Å². The maximum Gasteiger partial charge on any atom is 0.189 e. The molecule has 272 valence electrons. The summed E-state index contributed by atoms with van der Waals surface area (Å²) in [6, 6.07) is 4.26. The predicted molar refractivity (Wildman–Crippen MR) is 176 cm³/mol. The second-order valence-electron chi connectivity index (χ2n) is 13.7. The average Bonchev–Trinajstić information content (AvgIpc) is 3.42. The molecule has 48 heavy (non-hydrogen) atoms. The Bertz CT molecular complexity index is 1140. The van der Waals surface area contributed by atoms with E-state index in [0.717, 1.165) is 49.6 Å². The second kappa shape index (κ2) is 17.6. The van der Waals surface area contributed by atoms with Crippen LogP contribution in [-0.2, 0) is 49.7 Å². The minimum Gasteiger partial charge on any atom is -0.482 e. The highest BCUT2D eigenvalue weighted by atomic mass is 16.7. The van der Waals surface area contributed by atoms with Crippen LogP contribution in [0.3, 0.4) is 0 Å². The van der Waals surface area contributed by atoms with Crippen molar-refractivity contribution in [3.63, 3.8) is 0 Å². The number of benzene rings is 1. The van der Waals surface area contributed by atoms with Gasteiger partial charge in [-0.3, -0.25) is 4.90 Å². The molecule has 5 aliphatic rings. The third kappa shape index (κ3) is 7.68. The summed E-state index contributed by atoms with van der Waals surface area (Å²) < 4.78 is 57.5. The van der Waals surface area contributed by atoms with E-state index in [1.54, 1.807) is 14.2 Å². The number of hydrogen-bond donors (Lipinski definition) is 1. The first-order valence-electron chi connectivity index (χ1n) is 18.0. The molecule has 1 aromatic rings. The number of rotatable bonds is 24. The Labute approximate surface area is 285 Å². The van der Waals surface area contributed by atoms with Crippen molar-refractivity contribution in [2.24, 2.45) is 5.92 Å². The Morgan fingerprint density at radius 1 is 0.792 bits per heavy atom. The molecule has 0 amide bonds. The lowest BCUT2D eigenvalue weighted by atomic mass is 9.48. The van der Waals surface area contributed by atoms with Gasteiger partial charge in [-0.25, -0.2) is 0 Å². The second-order valence-corrected chi connectivity index (χ2v) is 13.7. The summed E-state index contributed by atoms with van der Waals surface area (Å²) >= 11 is 0. The van der Waals surface area contributed by atoms with Crippen molar-refractivity contribution in [2.75, 3.05) is 113 Å². The minimum atomic E-state index is -0.889. The highest BCUT2D eigenvalue weighted by Crippen LogP contribution is 2.66. The lowest BCUT2D eigenvalue weighted by Crippen LogP contribution is -2.77. The van der Waals surface area contributed by atoms with E-state index < -0.39 is 11.0 Å². The minimum absolute atomic E-state index is 0.0736. The van der Waals surface area contributed by atoms with E-state index in [1.807, 2.05) is 6.07 Å². The van der Waals surface area contributed by atoms with E-state index >= 15 is 0 Å². The number of ether oxygens (including phenoxy) is 10. The normalized spacial score (nSPS) is 29.0. The predicted octanol–water partition coefficient (Wildman–Crippen LogP) is 2.74. The molecule has 12 nitrogen and oxygen atoms in total. The maximum absolute atomic E-state index is 12.9. The number of hydrogen-bond acceptors (Lipinski definition) is 12. The third-order valence-corrected chi connectivity index (χ3v) is 11.1. The smallest absolute Gasteiger partial charge is 0.189 e. The van der Waals surface area contributed by atoms with Gasteiger partial charge in [0.25, 0.3) is 0 Å². The zero-order valence-corrected chi connectivity index (χ0v) is 29.0. The monoisotopic (exact) mass is 679 g/mol. The lowest BCUT2D eigenvalue weighted by molar-refractivity contribution is -0.218. The average molecular weight is 680 g/mol. The van der Waals surface area contributed by atoms with Crippen molar-refractivity contribution in [2.45, 2.75) is 74.2 Å². The zero-order valence-electron chi connectivity index (χ0n) is 29.0. The van der Waals surface area contributed by atoms with E-state index in [9.17, 15) is 5.11 Å². The Balaban J connectivity index is 1.03. The van der Waals surface area contributed by atoms with Crippen LogP contribution in [0.1, 0.15) is 49.7 Å². The summed E-state index contributed by atoms with van der Waals surface area (Å²) in [5, 5.41) is 12.9. The van der Waals surface area contributed by atoms with Crippen LogP contribution in [-0.4, -0.2) is 147 Å². The first-order valence-corrected chi connectivity index (χ1v) is 18.0. The van der Waals surface area contributed by atoms with Crippen LogP contribution in [0.5, 0.6) is 11.5 Å². The fourth-order valence-corrected chi connectivity index (χ4v) is 8.55. The van der Waals surface area contributed by atoms with Gasteiger partial charge in [-0.2, -0.15) is 0 Å². The molecule has 1 aromatic carbocycles. The quantitative estimate of drug-likeness (QED) is 0.128. The van der Waals surface area contributed by atoms with E-state index in [0.29, 0.717) is 91.5 Å². The number of likely N-dealkylation sites (tertiary alicyclic amines) is 1. The lowest BCUT2D eigenvalue weighted by Gasteiger charge is -2.64. The molecule has 2 saturated carbocycles. The van der Waals surface area contributed by atoms with Crippen molar-refractivity contribution in [3.05, 3.63) is 23.3 Å². The summed E-state index contributed by atoms with van der Waals surface area (Å²) in [5.41, 5.74) is 0.967. The molecule has 6 rings (SSSR count). The molecular weight excluding hydrogens is 622 g/mol. The molecule has 2 heterocycles. The van der Waals surface area contributed by atoms with Crippen LogP contribution < -0.4 is 9.47 Å². The van der Waals surface area contributed by atoms with Crippen LogP contribution in [0.15, 0.2) is 12.1 Å². The van der Waals surface area contributed by atoms with Gasteiger partial charge in [0.15, 0.2) is 18.3 Å². The Morgan fingerprint density at radius 2 is 1.44 bits per heavy atom. The molecule has 2 unspecified atom stereocenters. The van der Waals surface area contributed by atoms with Crippen molar-refractivity contribution < 1.29 is 52.5 Å². The van der Waals surface area contributed by atoms with Gasteiger partial charge >= 0.3 is 0 Å². The van der Waals surface area contributed by atoms with Gasteiger partial charge in [-0.1, -0.05) is 12.5 Å². The van der Waals surface area contributed by atoms with Gasteiger partial charge in [0.2, 0.25) is 0 Å². The van der Waals surface area contributed by atoms with Gasteiger partial charge < -0.3 is 52.5 Å². The largest absolute Gasteiger partial charge is 0.482 e. The van der Waals surface area contributed by atoms with Gasteiger partial charge in [-0.15, -0.1) is 0 Å². The fourth-order valence-electron chi connectivity index (χ4n) is 8.55. The molecular formula is C36H57NO11. The van der Waals surface area contributed by atoms with E-state index in [2.05, 4.69) is 11.0 Å². The highest BCUT2D eigenvalue weighted by molar-refractivity contribution is 5.63. The summed E-state index contributed by atoms with van der Waals surface area (Å²) in [6.07, 6.45) is 6.55. The van der Waals surface area contributed by atoms with Gasteiger partial charge in [0.1, 0.15) is 6.10 Å². The first kappa shape index (κ1) is 36.2. The fraction of sp³-hybridized carbons (Fsp3) is 0.833. The molecule has 0 aromatic heterocycles. The standard InChI is InChI=1S/C36H57NO11/c1-39-12-14-41-16-17-42-18-19-43-20-21-44-22-23-46-30-8-9-36(38)31-24-28-6-7-29(47-26-45-15-13-40-2)33-32(28)35(36,34(30)48-33)10-11-37(31)25-27-4-3-5-27/h6-7,27,30-31,34,38H,3-5,8-26H2,1-2H3/t30?,31?,34-,35-,36+/m0/s1. The van der Waals surface area contributed by atoms with E-state index in [-0.39, 0.29) is 25.0 Å². The molecule has 1 N–H and O–H groups in total. The zero-order chi connectivity index (χ0) is 33.2. The molecule has 1 saturated heterocycles. The molecule has 3 fully saturated rings. The van der Waals surface area contributed by atoms with Crippen LogP contribution in [0.25, 0.3) is 0 Å². The summed E-state index contributed by atoms with van der Waals surface area (Å²) in [5.74, 6) is 2.16. The molecule has 1 spiro atoms. The summed E-state index contributed by atoms with van der Waals surface area (Å²) in [6.45, 7) is 8.26. The van der Waals surface area contributed by atoms with Crippen molar-refractivity contribution in [1.29, 1.82) is 0 Å². The van der Waals surface area contributed by atoms with Crippen molar-refractivity contribution in [3.8, 4) is 11.5 Å². The summed E-state index contributed by atoms with van der Waals surface area (Å²) in [4.78, 5) is 2.60. The van der Waals surface area contributed by atoms with Gasteiger partial charge in [0.05, 0.1) is 96.4 Å². The third-order valence-electron chi connectivity index (χ3n) is 11.1. The van der Waals surface area contributed by atoms with Crippen LogP contribution in [0, 0.1) is 5.92 Å². The Hall–Kier alpha value is -1.58. The number of aliphatic hydroxyl groups is 1. The number of nitrogens with zero attached hydrogens (tertiary/aromatic N) is 1. The molecule has 12 heteroatoms. The van der Waals surface area contributed by atoms with Crippen molar-refractivity contribution >= 4 is 0 Å². The molecule has 3 aliphatic carbocycles. The molecule has 2 bridgehead atoms. The number of methoxy groups -OCH3 is 2. The van der Waals surface area contributed by atoms with E-state index in [1.165, 1.54) is 24.8 Å². The van der Waals surface area contributed by atoms with Crippen molar-refractivity contribution in [1.82, 2.24) is 4.90 Å². The Kier molecular flexibility index (Phi) is 13.3. The molecule has 5 atom stereocenters. The van der Waals surface area contributed by atoms with Crippen LogP contribution in [0.4, 0.5) is 0 Å². The SMILES string of the molecule is COCCOCCOCCOCCOCCOC1CC[C@@]2(O)C3Cc4ccc(OCOCCOC)c5c4[C@@]2(CCN3CC2CCC2)[C@H]1O5.